The third kappa shape index (κ3) is 3.80. The Morgan fingerprint density at radius 3 is 2.43 bits per heavy atom. The molecule has 0 bridgehead atoms. The summed E-state index contributed by atoms with van der Waals surface area (Å²) in [5.41, 5.74) is 0.739. The number of nitrogens with zero attached hydrogens (tertiary/aromatic N) is 2. The fourth-order valence-corrected chi connectivity index (χ4v) is 6.03. The maximum Gasteiger partial charge on any atom is 0.419 e. The molecule has 3 aliphatic rings. The van der Waals surface area contributed by atoms with Gasteiger partial charge in [-0.05, 0) is 62.5 Å². The number of fused-ring (bicyclic) bond motifs is 1. The standard InChI is InChI=1S/C21H27N3O5S/c25-19(22-20(14-3-4-14)15-5-6-15)9-12-24-17-8-7-16(13-18(17)29-21(24)26)30(27,28)23-10-1-2-11-23/h7-8,13-15,20H,1-6,9-12H2,(H,22,25). The van der Waals surface area contributed by atoms with Crippen molar-refractivity contribution >= 4 is 27.0 Å². The normalized spacial score (nSPS) is 20.3. The molecule has 5 rings (SSSR count). The van der Waals surface area contributed by atoms with Crippen LogP contribution < -0.4 is 11.1 Å². The molecule has 0 radical (unpaired) electrons. The molecule has 3 fully saturated rings. The molecule has 2 saturated carbocycles. The molecule has 0 atom stereocenters. The molecule has 8 nitrogen and oxygen atoms in total. The number of carbonyl (C=O) groups excluding carboxylic acids is 1. The largest absolute Gasteiger partial charge is 0.419 e. The number of benzene rings is 1. The van der Waals surface area contributed by atoms with Gasteiger partial charge in [-0.3, -0.25) is 9.36 Å². The van der Waals surface area contributed by atoms with Gasteiger partial charge < -0.3 is 9.73 Å². The summed E-state index contributed by atoms with van der Waals surface area (Å²) in [4.78, 5) is 24.9. The summed E-state index contributed by atoms with van der Waals surface area (Å²) in [6.45, 7) is 1.24. The van der Waals surface area contributed by atoms with E-state index in [1.165, 1.54) is 46.7 Å². The van der Waals surface area contributed by atoms with Crippen molar-refractivity contribution in [2.24, 2.45) is 11.8 Å². The highest BCUT2D eigenvalue weighted by Crippen LogP contribution is 2.44. The zero-order chi connectivity index (χ0) is 20.9. The van der Waals surface area contributed by atoms with Gasteiger partial charge in [0.1, 0.15) is 0 Å². The molecule has 9 heteroatoms. The first-order valence-electron chi connectivity index (χ1n) is 10.9. The van der Waals surface area contributed by atoms with Crippen LogP contribution in [-0.4, -0.2) is 42.3 Å². The smallest absolute Gasteiger partial charge is 0.408 e. The van der Waals surface area contributed by atoms with Crippen LogP contribution in [0.15, 0.2) is 32.3 Å². The molecule has 1 aromatic heterocycles. The van der Waals surface area contributed by atoms with Gasteiger partial charge in [-0.15, -0.1) is 0 Å². The van der Waals surface area contributed by atoms with E-state index >= 15 is 0 Å². The van der Waals surface area contributed by atoms with Crippen molar-refractivity contribution < 1.29 is 17.6 Å². The van der Waals surface area contributed by atoms with Crippen molar-refractivity contribution in [2.75, 3.05) is 13.1 Å². The van der Waals surface area contributed by atoms with Crippen LogP contribution in [0.4, 0.5) is 0 Å². The first kappa shape index (κ1) is 19.8. The Labute approximate surface area is 175 Å². The van der Waals surface area contributed by atoms with E-state index in [9.17, 15) is 18.0 Å². The summed E-state index contributed by atoms with van der Waals surface area (Å²) in [6, 6.07) is 4.81. The molecule has 1 aromatic carbocycles. The number of sulfonamides is 1. The predicted octanol–water partition coefficient (Wildman–Crippen LogP) is 2.07. The van der Waals surface area contributed by atoms with Gasteiger partial charge in [0.2, 0.25) is 15.9 Å². The lowest BCUT2D eigenvalue weighted by Gasteiger charge is -2.17. The van der Waals surface area contributed by atoms with Crippen LogP contribution in [0.3, 0.4) is 0 Å². The van der Waals surface area contributed by atoms with Gasteiger partial charge >= 0.3 is 5.76 Å². The topological polar surface area (TPSA) is 102 Å². The van der Waals surface area contributed by atoms with Gasteiger partial charge in [0.15, 0.2) is 5.58 Å². The zero-order valence-electron chi connectivity index (χ0n) is 16.9. The molecular weight excluding hydrogens is 406 g/mol. The first-order chi connectivity index (χ1) is 14.4. The first-order valence-corrected chi connectivity index (χ1v) is 12.3. The number of carbonyl (C=O) groups is 1. The quantitative estimate of drug-likeness (QED) is 0.687. The van der Waals surface area contributed by atoms with E-state index < -0.39 is 15.8 Å². The van der Waals surface area contributed by atoms with Gasteiger partial charge in [0, 0.05) is 38.2 Å². The van der Waals surface area contributed by atoms with Gasteiger partial charge in [-0.1, -0.05) is 0 Å². The Morgan fingerprint density at radius 2 is 1.80 bits per heavy atom. The number of nitrogens with one attached hydrogen (secondary N) is 1. The molecule has 1 N–H and O–H groups in total. The van der Waals surface area contributed by atoms with E-state index in [-0.39, 0.29) is 35.4 Å². The molecule has 0 spiro atoms. The van der Waals surface area contributed by atoms with E-state index in [0.717, 1.165) is 12.8 Å². The number of rotatable bonds is 8. The highest BCUT2D eigenvalue weighted by molar-refractivity contribution is 7.89. The Kier molecular flexibility index (Phi) is 4.97. The van der Waals surface area contributed by atoms with E-state index in [0.29, 0.717) is 30.4 Å². The summed E-state index contributed by atoms with van der Waals surface area (Å²) >= 11 is 0. The SMILES string of the molecule is O=C(CCn1c(=O)oc2cc(S(=O)(=O)N3CCCC3)ccc21)NC(C1CC1)C1CC1. The van der Waals surface area contributed by atoms with Crippen molar-refractivity contribution in [1.29, 1.82) is 0 Å². The fraction of sp³-hybridized carbons (Fsp3) is 0.619. The van der Waals surface area contributed by atoms with Crippen molar-refractivity contribution in [3.63, 3.8) is 0 Å². The number of amides is 1. The molecule has 30 heavy (non-hydrogen) atoms. The Bertz CT molecular complexity index is 1110. The maximum atomic E-state index is 12.8. The number of oxazole rings is 1. The van der Waals surface area contributed by atoms with Gasteiger partial charge in [0.05, 0.1) is 10.4 Å². The van der Waals surface area contributed by atoms with Crippen LogP contribution in [0, 0.1) is 11.8 Å². The van der Waals surface area contributed by atoms with E-state index in [2.05, 4.69) is 5.32 Å². The van der Waals surface area contributed by atoms with Gasteiger partial charge in [-0.2, -0.15) is 4.31 Å². The third-order valence-corrected chi connectivity index (χ3v) is 8.39. The summed E-state index contributed by atoms with van der Waals surface area (Å²) < 4.78 is 33.7. The Hall–Kier alpha value is -2.13. The molecule has 162 valence electrons. The molecule has 2 heterocycles. The third-order valence-electron chi connectivity index (χ3n) is 6.49. The highest BCUT2D eigenvalue weighted by Gasteiger charge is 2.42. The fourth-order valence-electron chi connectivity index (χ4n) is 4.50. The van der Waals surface area contributed by atoms with Crippen molar-refractivity contribution in [1.82, 2.24) is 14.2 Å². The van der Waals surface area contributed by atoms with Crippen LogP contribution >= 0.6 is 0 Å². The van der Waals surface area contributed by atoms with Gasteiger partial charge in [-0.25, -0.2) is 13.2 Å². The van der Waals surface area contributed by atoms with E-state index in [4.69, 9.17) is 4.42 Å². The van der Waals surface area contributed by atoms with Crippen LogP contribution in [-0.2, 0) is 21.4 Å². The van der Waals surface area contributed by atoms with Crippen LogP contribution in [0.1, 0.15) is 44.9 Å². The second-order valence-electron chi connectivity index (χ2n) is 8.78. The van der Waals surface area contributed by atoms with Crippen LogP contribution in [0.25, 0.3) is 11.1 Å². The van der Waals surface area contributed by atoms with Crippen molar-refractivity contribution in [3.8, 4) is 0 Å². The average Bonchev–Trinajstić information content (AvgIpc) is 3.65. The van der Waals surface area contributed by atoms with Crippen molar-refractivity contribution in [2.45, 2.75) is 62.4 Å². The predicted molar refractivity (Wildman–Crippen MR) is 110 cm³/mol. The maximum absolute atomic E-state index is 12.8. The molecule has 1 aliphatic heterocycles. The lowest BCUT2D eigenvalue weighted by molar-refractivity contribution is -0.122. The minimum atomic E-state index is -3.58. The second kappa shape index (κ2) is 7.53. The summed E-state index contributed by atoms with van der Waals surface area (Å²) in [5, 5.41) is 3.16. The van der Waals surface area contributed by atoms with Gasteiger partial charge in [0.25, 0.3) is 0 Å². The average molecular weight is 434 g/mol. The number of aryl methyl sites for hydroxylation is 1. The molecule has 1 amide bonds. The van der Waals surface area contributed by atoms with Crippen LogP contribution in [0.5, 0.6) is 0 Å². The lowest BCUT2D eigenvalue weighted by Crippen LogP contribution is -2.38. The molecule has 2 aromatic rings. The molecule has 1 saturated heterocycles. The Morgan fingerprint density at radius 1 is 1.13 bits per heavy atom. The van der Waals surface area contributed by atoms with Crippen LogP contribution in [0.2, 0.25) is 0 Å². The molecule has 0 unspecified atom stereocenters. The molecular formula is C21H27N3O5S. The summed E-state index contributed by atoms with van der Waals surface area (Å²) in [7, 11) is -3.58. The highest BCUT2D eigenvalue weighted by atomic mass is 32.2. The Balaban J connectivity index is 1.30. The lowest BCUT2D eigenvalue weighted by atomic mass is 10.1. The summed E-state index contributed by atoms with van der Waals surface area (Å²) in [5.74, 6) is 0.618. The zero-order valence-corrected chi connectivity index (χ0v) is 17.7. The number of hydrogen-bond donors (Lipinski definition) is 1. The number of aromatic nitrogens is 1. The monoisotopic (exact) mass is 433 g/mol. The molecule has 2 aliphatic carbocycles. The minimum Gasteiger partial charge on any atom is -0.408 e. The van der Waals surface area contributed by atoms with Crippen molar-refractivity contribution in [3.05, 3.63) is 28.7 Å². The summed E-state index contributed by atoms with van der Waals surface area (Å²) in [6.07, 6.45) is 6.67. The second-order valence-corrected chi connectivity index (χ2v) is 10.7. The van der Waals surface area contributed by atoms with E-state index in [1.54, 1.807) is 6.07 Å². The minimum absolute atomic E-state index is 0.0479. The number of hydrogen-bond acceptors (Lipinski definition) is 5. The van der Waals surface area contributed by atoms with E-state index in [1.807, 2.05) is 0 Å².